The van der Waals surface area contributed by atoms with Gasteiger partial charge in [0, 0.05) is 19.0 Å². The predicted octanol–water partition coefficient (Wildman–Crippen LogP) is 4.02. The SMILES string of the molecule is CCCCCCCCCCCC(=O)NC1CNCCC1C. The molecule has 0 aromatic heterocycles. The molecular formula is C18H36N2O. The van der Waals surface area contributed by atoms with E-state index >= 15 is 0 Å². The second kappa shape index (κ2) is 12.0. The van der Waals surface area contributed by atoms with Crippen LogP contribution in [-0.4, -0.2) is 25.0 Å². The van der Waals surface area contributed by atoms with Crippen molar-refractivity contribution in [1.29, 1.82) is 0 Å². The number of unbranched alkanes of at least 4 members (excludes halogenated alkanes) is 8. The molecule has 2 unspecified atom stereocenters. The van der Waals surface area contributed by atoms with E-state index in [0.717, 1.165) is 19.5 Å². The third-order valence-electron chi connectivity index (χ3n) is 4.68. The third-order valence-corrected chi connectivity index (χ3v) is 4.68. The van der Waals surface area contributed by atoms with Crippen molar-refractivity contribution in [2.24, 2.45) is 5.92 Å². The van der Waals surface area contributed by atoms with Gasteiger partial charge in [0.15, 0.2) is 0 Å². The second-order valence-corrected chi connectivity index (χ2v) is 6.72. The Morgan fingerprint density at radius 2 is 1.67 bits per heavy atom. The summed E-state index contributed by atoms with van der Waals surface area (Å²) >= 11 is 0. The first-order valence-corrected chi connectivity index (χ1v) is 9.24. The Morgan fingerprint density at radius 1 is 1.05 bits per heavy atom. The molecule has 1 fully saturated rings. The first kappa shape index (κ1) is 18.5. The van der Waals surface area contributed by atoms with E-state index in [4.69, 9.17) is 0 Å². The minimum atomic E-state index is 0.249. The monoisotopic (exact) mass is 296 g/mol. The smallest absolute Gasteiger partial charge is 0.220 e. The number of rotatable bonds is 11. The normalized spacial score (nSPS) is 22.2. The molecule has 1 aliphatic rings. The molecule has 0 bridgehead atoms. The average Bonchev–Trinajstić information content (AvgIpc) is 2.48. The summed E-state index contributed by atoms with van der Waals surface area (Å²) < 4.78 is 0. The summed E-state index contributed by atoms with van der Waals surface area (Å²) in [5.74, 6) is 0.858. The van der Waals surface area contributed by atoms with Gasteiger partial charge in [-0.15, -0.1) is 0 Å². The molecule has 2 N–H and O–H groups in total. The molecule has 1 aliphatic heterocycles. The Morgan fingerprint density at radius 3 is 2.29 bits per heavy atom. The lowest BCUT2D eigenvalue weighted by Gasteiger charge is -2.30. The maximum Gasteiger partial charge on any atom is 0.220 e. The molecule has 1 amide bonds. The molecular weight excluding hydrogens is 260 g/mol. The van der Waals surface area contributed by atoms with Crippen molar-refractivity contribution >= 4 is 5.91 Å². The van der Waals surface area contributed by atoms with Crippen molar-refractivity contribution in [2.45, 2.75) is 90.5 Å². The maximum absolute atomic E-state index is 11.9. The highest BCUT2D eigenvalue weighted by molar-refractivity contribution is 5.76. The molecule has 124 valence electrons. The van der Waals surface area contributed by atoms with E-state index in [2.05, 4.69) is 24.5 Å². The Hall–Kier alpha value is -0.570. The maximum atomic E-state index is 11.9. The molecule has 3 heteroatoms. The first-order valence-electron chi connectivity index (χ1n) is 9.24. The number of nitrogens with one attached hydrogen (secondary N) is 2. The van der Waals surface area contributed by atoms with Gasteiger partial charge >= 0.3 is 0 Å². The quantitative estimate of drug-likeness (QED) is 0.565. The molecule has 21 heavy (non-hydrogen) atoms. The number of carbonyl (C=O) groups is 1. The van der Waals surface area contributed by atoms with Gasteiger partial charge in [-0.25, -0.2) is 0 Å². The zero-order valence-corrected chi connectivity index (χ0v) is 14.3. The zero-order chi connectivity index (χ0) is 15.3. The van der Waals surface area contributed by atoms with E-state index in [1.807, 2.05) is 0 Å². The lowest BCUT2D eigenvalue weighted by molar-refractivity contribution is -0.122. The van der Waals surface area contributed by atoms with Gasteiger partial charge in [0.05, 0.1) is 0 Å². The highest BCUT2D eigenvalue weighted by Crippen LogP contribution is 2.13. The number of carbonyl (C=O) groups excluding carboxylic acids is 1. The van der Waals surface area contributed by atoms with Gasteiger partial charge in [-0.1, -0.05) is 65.2 Å². The van der Waals surface area contributed by atoms with E-state index in [1.54, 1.807) is 0 Å². The standard InChI is InChI=1S/C18H36N2O/c1-3-4-5-6-7-8-9-10-11-12-18(21)20-17-15-19-14-13-16(17)2/h16-17,19H,3-15H2,1-2H3,(H,20,21). The highest BCUT2D eigenvalue weighted by Gasteiger charge is 2.22. The van der Waals surface area contributed by atoms with Crippen LogP contribution >= 0.6 is 0 Å². The first-order chi connectivity index (χ1) is 10.2. The summed E-state index contributed by atoms with van der Waals surface area (Å²) in [6, 6.07) is 0.338. The molecule has 1 rings (SSSR count). The van der Waals surface area contributed by atoms with Crippen LogP contribution in [0.5, 0.6) is 0 Å². The molecule has 2 atom stereocenters. The number of hydrogen-bond donors (Lipinski definition) is 2. The van der Waals surface area contributed by atoms with Crippen LogP contribution in [0.2, 0.25) is 0 Å². The van der Waals surface area contributed by atoms with Gasteiger partial charge in [0.25, 0.3) is 0 Å². The molecule has 0 aromatic rings. The third kappa shape index (κ3) is 9.13. The fourth-order valence-corrected chi connectivity index (χ4v) is 3.06. The van der Waals surface area contributed by atoms with Crippen LogP contribution in [0.15, 0.2) is 0 Å². The van der Waals surface area contributed by atoms with E-state index in [-0.39, 0.29) is 5.91 Å². The van der Waals surface area contributed by atoms with Crippen LogP contribution in [0.25, 0.3) is 0 Å². The van der Waals surface area contributed by atoms with Crippen molar-refractivity contribution in [1.82, 2.24) is 10.6 Å². The van der Waals surface area contributed by atoms with Crippen LogP contribution in [0.3, 0.4) is 0 Å². The van der Waals surface area contributed by atoms with E-state index in [0.29, 0.717) is 18.4 Å². The minimum Gasteiger partial charge on any atom is -0.352 e. The van der Waals surface area contributed by atoms with Gasteiger partial charge in [-0.3, -0.25) is 4.79 Å². The predicted molar refractivity (Wildman–Crippen MR) is 90.4 cm³/mol. The fourth-order valence-electron chi connectivity index (χ4n) is 3.06. The van der Waals surface area contributed by atoms with Crippen LogP contribution in [-0.2, 0) is 4.79 Å². The molecule has 0 spiro atoms. The van der Waals surface area contributed by atoms with Crippen molar-refractivity contribution < 1.29 is 4.79 Å². The topological polar surface area (TPSA) is 41.1 Å². The lowest BCUT2D eigenvalue weighted by Crippen LogP contribution is -2.50. The molecule has 1 saturated heterocycles. The molecule has 0 radical (unpaired) electrons. The van der Waals surface area contributed by atoms with E-state index in [1.165, 1.54) is 57.8 Å². The highest BCUT2D eigenvalue weighted by atomic mass is 16.1. The van der Waals surface area contributed by atoms with Crippen LogP contribution < -0.4 is 10.6 Å². The lowest BCUT2D eigenvalue weighted by atomic mass is 9.94. The summed E-state index contributed by atoms with van der Waals surface area (Å²) in [6.45, 7) is 6.52. The number of piperidine rings is 1. The fraction of sp³-hybridized carbons (Fsp3) is 0.944. The van der Waals surface area contributed by atoms with Crippen molar-refractivity contribution in [3.8, 4) is 0 Å². The van der Waals surface area contributed by atoms with Crippen LogP contribution in [0.4, 0.5) is 0 Å². The van der Waals surface area contributed by atoms with E-state index in [9.17, 15) is 4.79 Å². The molecule has 0 saturated carbocycles. The Kier molecular flexibility index (Phi) is 10.6. The Bertz CT molecular complexity index is 268. The Balaban J connectivity index is 1.91. The zero-order valence-electron chi connectivity index (χ0n) is 14.3. The van der Waals surface area contributed by atoms with Crippen LogP contribution in [0, 0.1) is 5.92 Å². The van der Waals surface area contributed by atoms with Crippen molar-refractivity contribution in [2.75, 3.05) is 13.1 Å². The summed E-state index contributed by atoms with van der Waals surface area (Å²) in [5, 5.41) is 6.55. The molecule has 3 nitrogen and oxygen atoms in total. The summed E-state index contributed by atoms with van der Waals surface area (Å²) in [7, 11) is 0. The number of hydrogen-bond acceptors (Lipinski definition) is 2. The van der Waals surface area contributed by atoms with Crippen LogP contribution in [0.1, 0.15) is 84.5 Å². The molecule has 0 aromatic carbocycles. The minimum absolute atomic E-state index is 0.249. The van der Waals surface area contributed by atoms with Gasteiger partial charge in [0.1, 0.15) is 0 Å². The van der Waals surface area contributed by atoms with Crippen molar-refractivity contribution in [3.05, 3.63) is 0 Å². The molecule has 0 aliphatic carbocycles. The number of amides is 1. The van der Waals surface area contributed by atoms with E-state index < -0.39 is 0 Å². The summed E-state index contributed by atoms with van der Waals surface area (Å²) in [5.41, 5.74) is 0. The Labute approximate surface area is 131 Å². The molecule has 1 heterocycles. The second-order valence-electron chi connectivity index (χ2n) is 6.72. The van der Waals surface area contributed by atoms with Gasteiger partial charge < -0.3 is 10.6 Å². The average molecular weight is 296 g/mol. The van der Waals surface area contributed by atoms with Gasteiger partial charge in [-0.05, 0) is 25.3 Å². The van der Waals surface area contributed by atoms with Gasteiger partial charge in [0.2, 0.25) is 5.91 Å². The summed E-state index contributed by atoms with van der Waals surface area (Å²) in [6.07, 6.45) is 13.6. The van der Waals surface area contributed by atoms with Gasteiger partial charge in [-0.2, -0.15) is 0 Å². The van der Waals surface area contributed by atoms with Crippen molar-refractivity contribution in [3.63, 3.8) is 0 Å². The largest absolute Gasteiger partial charge is 0.352 e. The summed E-state index contributed by atoms with van der Waals surface area (Å²) in [4.78, 5) is 11.9.